The molecule has 120 valence electrons. The lowest BCUT2D eigenvalue weighted by atomic mass is 9.78. The number of thiazole rings is 1. The molecule has 4 rings (SSSR count). The Bertz CT molecular complexity index is 690. The topological polar surface area (TPSA) is 49.3 Å². The molecule has 2 aliphatic rings. The first kappa shape index (κ1) is 14.8. The molecule has 0 N–H and O–H groups in total. The lowest BCUT2D eigenvalue weighted by molar-refractivity contribution is -0.126. The van der Waals surface area contributed by atoms with E-state index in [1.165, 1.54) is 0 Å². The molecule has 4 heterocycles. The first-order valence-electron chi connectivity index (χ1n) is 8.02. The van der Waals surface area contributed by atoms with Crippen molar-refractivity contribution in [3.63, 3.8) is 0 Å². The van der Waals surface area contributed by atoms with E-state index in [1.807, 2.05) is 28.6 Å². The molecule has 6 heteroatoms. The van der Waals surface area contributed by atoms with Gasteiger partial charge in [0.05, 0.1) is 23.8 Å². The van der Waals surface area contributed by atoms with Gasteiger partial charge in [-0.2, -0.15) is 0 Å². The first-order valence-corrected chi connectivity index (χ1v) is 8.90. The van der Waals surface area contributed by atoms with Crippen molar-refractivity contribution < 1.29 is 4.79 Å². The number of pyridine rings is 1. The van der Waals surface area contributed by atoms with Gasteiger partial charge in [-0.15, -0.1) is 11.3 Å². The van der Waals surface area contributed by atoms with E-state index < -0.39 is 0 Å². The zero-order valence-electron chi connectivity index (χ0n) is 13.2. The summed E-state index contributed by atoms with van der Waals surface area (Å²) in [6.45, 7) is 5.66. The Morgan fingerprint density at radius 3 is 3.09 bits per heavy atom. The van der Waals surface area contributed by atoms with E-state index in [9.17, 15) is 4.79 Å². The van der Waals surface area contributed by atoms with Gasteiger partial charge in [-0.25, -0.2) is 4.98 Å². The largest absolute Gasteiger partial charge is 0.310 e. The van der Waals surface area contributed by atoms with E-state index in [-0.39, 0.29) is 11.3 Å². The standard InChI is InChI=1S/C17H20N4OS/c1-13-10-20(11-15-19-6-8-23-15)12-17(13)4-7-21(16(17)22)14-3-2-5-18-9-14/h2-3,5-6,8-9,13H,4,7,10-12H2,1H3/t13-,17-/m1/s1. The highest BCUT2D eigenvalue weighted by molar-refractivity contribution is 7.09. The summed E-state index contributed by atoms with van der Waals surface area (Å²) in [4.78, 5) is 26.0. The smallest absolute Gasteiger partial charge is 0.234 e. The van der Waals surface area contributed by atoms with Gasteiger partial charge in [-0.05, 0) is 24.5 Å². The summed E-state index contributed by atoms with van der Waals surface area (Å²) < 4.78 is 0. The molecule has 2 aromatic rings. The number of nitrogens with zero attached hydrogens (tertiary/aromatic N) is 4. The molecule has 5 nitrogen and oxygen atoms in total. The summed E-state index contributed by atoms with van der Waals surface area (Å²) in [6, 6.07) is 3.86. The molecule has 2 atom stereocenters. The van der Waals surface area contributed by atoms with Gasteiger partial charge in [0.2, 0.25) is 5.91 Å². The van der Waals surface area contributed by atoms with E-state index in [4.69, 9.17) is 0 Å². The molecule has 2 fully saturated rings. The van der Waals surface area contributed by atoms with Gasteiger partial charge in [0.1, 0.15) is 5.01 Å². The quantitative estimate of drug-likeness (QED) is 0.868. The number of amides is 1. The second-order valence-electron chi connectivity index (χ2n) is 6.57. The van der Waals surface area contributed by atoms with Crippen molar-refractivity contribution in [2.75, 3.05) is 24.5 Å². The molecule has 1 spiro atoms. The fourth-order valence-corrected chi connectivity index (χ4v) is 4.63. The highest BCUT2D eigenvalue weighted by atomic mass is 32.1. The van der Waals surface area contributed by atoms with Crippen molar-refractivity contribution in [2.24, 2.45) is 11.3 Å². The molecular weight excluding hydrogens is 308 g/mol. The molecular formula is C17H20N4OS. The van der Waals surface area contributed by atoms with Crippen molar-refractivity contribution in [1.29, 1.82) is 0 Å². The summed E-state index contributed by atoms with van der Waals surface area (Å²) in [6.07, 6.45) is 6.30. The van der Waals surface area contributed by atoms with Crippen LogP contribution in [0.2, 0.25) is 0 Å². The van der Waals surface area contributed by atoms with Crippen LogP contribution in [0.4, 0.5) is 5.69 Å². The fraction of sp³-hybridized carbons (Fsp3) is 0.471. The zero-order valence-corrected chi connectivity index (χ0v) is 14.0. The van der Waals surface area contributed by atoms with Crippen molar-refractivity contribution in [2.45, 2.75) is 19.9 Å². The van der Waals surface area contributed by atoms with Crippen LogP contribution in [-0.4, -0.2) is 40.4 Å². The molecule has 0 saturated carbocycles. The number of rotatable bonds is 3. The molecule has 0 aliphatic carbocycles. The Kier molecular flexibility index (Phi) is 3.66. The van der Waals surface area contributed by atoms with E-state index >= 15 is 0 Å². The highest BCUT2D eigenvalue weighted by Crippen LogP contribution is 2.46. The Hall–Kier alpha value is -1.79. The Morgan fingerprint density at radius 2 is 2.35 bits per heavy atom. The summed E-state index contributed by atoms with van der Waals surface area (Å²) >= 11 is 1.68. The van der Waals surface area contributed by atoms with Crippen LogP contribution in [-0.2, 0) is 11.3 Å². The highest BCUT2D eigenvalue weighted by Gasteiger charge is 2.55. The van der Waals surface area contributed by atoms with Crippen LogP contribution < -0.4 is 4.90 Å². The van der Waals surface area contributed by atoms with Crippen LogP contribution in [0.25, 0.3) is 0 Å². The van der Waals surface area contributed by atoms with Gasteiger partial charge in [-0.3, -0.25) is 14.7 Å². The van der Waals surface area contributed by atoms with Crippen molar-refractivity contribution in [3.05, 3.63) is 41.1 Å². The minimum Gasteiger partial charge on any atom is -0.310 e. The molecule has 2 saturated heterocycles. The van der Waals surface area contributed by atoms with Gasteiger partial charge in [-0.1, -0.05) is 6.92 Å². The predicted octanol–water partition coefficient (Wildman–Crippen LogP) is 2.41. The van der Waals surface area contributed by atoms with Crippen LogP contribution in [0.3, 0.4) is 0 Å². The molecule has 1 amide bonds. The monoisotopic (exact) mass is 328 g/mol. The molecule has 23 heavy (non-hydrogen) atoms. The van der Waals surface area contributed by atoms with Crippen LogP contribution >= 0.6 is 11.3 Å². The van der Waals surface area contributed by atoms with Gasteiger partial charge in [0.15, 0.2) is 0 Å². The van der Waals surface area contributed by atoms with Crippen LogP contribution in [0.5, 0.6) is 0 Å². The Balaban J connectivity index is 1.53. The second-order valence-corrected chi connectivity index (χ2v) is 7.55. The number of hydrogen-bond donors (Lipinski definition) is 0. The average Bonchev–Trinajstić information content (AvgIpc) is 3.25. The number of carbonyl (C=O) groups excluding carboxylic acids is 1. The number of likely N-dealkylation sites (tertiary alicyclic amines) is 1. The molecule has 2 aliphatic heterocycles. The van der Waals surface area contributed by atoms with E-state index in [0.717, 1.165) is 43.3 Å². The molecule has 2 aromatic heterocycles. The first-order chi connectivity index (χ1) is 11.2. The van der Waals surface area contributed by atoms with Crippen LogP contribution in [0, 0.1) is 11.3 Å². The Morgan fingerprint density at radius 1 is 1.43 bits per heavy atom. The summed E-state index contributed by atoms with van der Waals surface area (Å²) in [7, 11) is 0. The van der Waals surface area contributed by atoms with Gasteiger partial charge in [0.25, 0.3) is 0 Å². The van der Waals surface area contributed by atoms with Crippen molar-refractivity contribution >= 4 is 22.9 Å². The van der Waals surface area contributed by atoms with E-state index in [1.54, 1.807) is 23.7 Å². The van der Waals surface area contributed by atoms with Crippen molar-refractivity contribution in [1.82, 2.24) is 14.9 Å². The summed E-state index contributed by atoms with van der Waals surface area (Å²) in [5, 5.41) is 3.14. The second kappa shape index (κ2) is 5.69. The van der Waals surface area contributed by atoms with Crippen molar-refractivity contribution in [3.8, 4) is 0 Å². The number of carbonyl (C=O) groups is 1. The number of hydrogen-bond acceptors (Lipinski definition) is 5. The Labute approximate surface area is 140 Å². The molecule has 0 bridgehead atoms. The maximum absolute atomic E-state index is 13.1. The summed E-state index contributed by atoms with van der Waals surface area (Å²) in [5.74, 6) is 0.635. The lowest BCUT2D eigenvalue weighted by Gasteiger charge is -2.26. The normalized spacial score (nSPS) is 28.1. The maximum Gasteiger partial charge on any atom is 0.234 e. The number of anilines is 1. The third-order valence-corrected chi connectivity index (χ3v) is 6.00. The fourth-order valence-electron chi connectivity index (χ4n) is 3.98. The third-order valence-electron chi connectivity index (χ3n) is 5.23. The predicted molar refractivity (Wildman–Crippen MR) is 90.2 cm³/mol. The van der Waals surface area contributed by atoms with Gasteiger partial charge in [0, 0.05) is 37.4 Å². The minimum absolute atomic E-state index is 0.243. The SMILES string of the molecule is C[C@@H]1CN(Cc2nccs2)C[C@]12CCN(c1cccnc1)C2=O. The van der Waals surface area contributed by atoms with Crippen LogP contribution in [0.15, 0.2) is 36.1 Å². The number of aromatic nitrogens is 2. The average molecular weight is 328 g/mol. The van der Waals surface area contributed by atoms with E-state index in [0.29, 0.717) is 5.92 Å². The van der Waals surface area contributed by atoms with E-state index in [2.05, 4.69) is 21.8 Å². The summed E-state index contributed by atoms with van der Waals surface area (Å²) in [5.41, 5.74) is 0.674. The van der Waals surface area contributed by atoms with Crippen LogP contribution in [0.1, 0.15) is 18.4 Å². The molecule has 0 unspecified atom stereocenters. The van der Waals surface area contributed by atoms with Gasteiger partial charge >= 0.3 is 0 Å². The lowest BCUT2D eigenvalue weighted by Crippen LogP contribution is -2.39. The van der Waals surface area contributed by atoms with Gasteiger partial charge < -0.3 is 4.90 Å². The minimum atomic E-state index is -0.243. The third kappa shape index (κ3) is 2.46. The zero-order chi connectivity index (χ0) is 15.9. The maximum atomic E-state index is 13.1. The molecule has 0 radical (unpaired) electrons. The molecule has 0 aromatic carbocycles.